The second-order valence-corrected chi connectivity index (χ2v) is 6.24. The van der Waals surface area contributed by atoms with Crippen LogP contribution in [0, 0.1) is 5.92 Å². The molecule has 1 aliphatic rings. The molecule has 1 amide bonds. The monoisotopic (exact) mass is 313 g/mol. The topological polar surface area (TPSA) is 55.6 Å². The van der Waals surface area contributed by atoms with Crippen molar-refractivity contribution in [3.63, 3.8) is 0 Å². The molecule has 6 heteroatoms. The highest BCUT2D eigenvalue weighted by atomic mass is 32.1. The summed E-state index contributed by atoms with van der Waals surface area (Å²) in [5.74, 6) is 0.769. The van der Waals surface area contributed by atoms with Crippen LogP contribution in [0.2, 0.25) is 0 Å². The zero-order valence-electron chi connectivity index (χ0n) is 11.9. The summed E-state index contributed by atoms with van der Waals surface area (Å²) in [6.45, 7) is 0.881. The molecule has 1 atom stereocenters. The summed E-state index contributed by atoms with van der Waals surface area (Å²) in [4.78, 5) is 17.7. The van der Waals surface area contributed by atoms with Gasteiger partial charge in [-0.2, -0.15) is 0 Å². The Balaban J connectivity index is 1.39. The summed E-state index contributed by atoms with van der Waals surface area (Å²) in [7, 11) is 0. The summed E-state index contributed by atoms with van der Waals surface area (Å²) in [6, 6.07) is 7.88. The third kappa shape index (κ3) is 2.46. The number of nitrogens with one attached hydrogen (secondary N) is 1. The van der Waals surface area contributed by atoms with Gasteiger partial charge in [0.1, 0.15) is 12.4 Å². The van der Waals surface area contributed by atoms with Gasteiger partial charge in [-0.1, -0.05) is 18.2 Å². The summed E-state index contributed by atoms with van der Waals surface area (Å²) < 4.78 is 7.63. The first-order chi connectivity index (χ1) is 10.8. The summed E-state index contributed by atoms with van der Waals surface area (Å²) in [5.41, 5.74) is 1.97. The second-order valence-electron chi connectivity index (χ2n) is 5.36. The molecule has 112 valence electrons. The number of carbonyl (C=O) groups is 1. The first-order valence-electron chi connectivity index (χ1n) is 7.19. The van der Waals surface area contributed by atoms with E-state index >= 15 is 0 Å². The minimum absolute atomic E-state index is 0.0193. The van der Waals surface area contributed by atoms with Gasteiger partial charge in [0.05, 0.1) is 18.2 Å². The molecule has 0 radical (unpaired) electrons. The Hall–Kier alpha value is -2.34. The number of ether oxygens (including phenoxy) is 1. The van der Waals surface area contributed by atoms with Crippen LogP contribution in [0.5, 0.6) is 5.75 Å². The number of amides is 1. The van der Waals surface area contributed by atoms with E-state index in [1.165, 1.54) is 0 Å². The van der Waals surface area contributed by atoms with Gasteiger partial charge in [0.15, 0.2) is 4.96 Å². The lowest BCUT2D eigenvalue weighted by atomic mass is 9.96. The van der Waals surface area contributed by atoms with Gasteiger partial charge in [-0.15, -0.1) is 11.3 Å². The number of hydrogen-bond acceptors (Lipinski definition) is 4. The maximum absolute atomic E-state index is 12.3. The standard InChI is InChI=1S/C16H15N3O2S/c20-15(12-7-11-3-1-2-4-14(11)21-10-12)17-8-13-9-19-5-6-22-16(19)18-13/h1-6,9,12H,7-8,10H2,(H,17,20). The van der Waals surface area contributed by atoms with E-state index in [-0.39, 0.29) is 11.8 Å². The highest BCUT2D eigenvalue weighted by molar-refractivity contribution is 7.15. The normalized spacial score (nSPS) is 17.0. The number of aromatic nitrogens is 2. The van der Waals surface area contributed by atoms with Gasteiger partial charge in [-0.25, -0.2) is 4.98 Å². The van der Waals surface area contributed by atoms with Crippen LogP contribution in [0.15, 0.2) is 42.0 Å². The smallest absolute Gasteiger partial charge is 0.227 e. The largest absolute Gasteiger partial charge is 0.492 e. The first kappa shape index (κ1) is 13.3. The zero-order chi connectivity index (χ0) is 14.9. The van der Waals surface area contributed by atoms with Gasteiger partial charge >= 0.3 is 0 Å². The molecular formula is C16H15N3O2S. The molecule has 1 aromatic carbocycles. The molecular weight excluding hydrogens is 298 g/mol. The number of para-hydroxylation sites is 1. The molecule has 5 nitrogen and oxygen atoms in total. The molecule has 0 bridgehead atoms. The van der Waals surface area contributed by atoms with Crippen molar-refractivity contribution in [3.05, 3.63) is 53.3 Å². The van der Waals surface area contributed by atoms with Crippen molar-refractivity contribution in [1.29, 1.82) is 0 Å². The Morgan fingerprint density at radius 3 is 3.27 bits per heavy atom. The van der Waals surface area contributed by atoms with Gasteiger partial charge in [-0.05, 0) is 18.1 Å². The lowest BCUT2D eigenvalue weighted by Crippen LogP contribution is -2.37. The predicted molar refractivity (Wildman–Crippen MR) is 84.0 cm³/mol. The minimum atomic E-state index is -0.140. The summed E-state index contributed by atoms with van der Waals surface area (Å²) in [6.07, 6.45) is 4.63. The van der Waals surface area contributed by atoms with Crippen molar-refractivity contribution in [3.8, 4) is 5.75 Å². The predicted octanol–water partition coefficient (Wildman–Crippen LogP) is 2.26. The average Bonchev–Trinajstić information content (AvgIpc) is 3.13. The molecule has 1 N–H and O–H groups in total. The maximum Gasteiger partial charge on any atom is 0.227 e. The molecule has 0 spiro atoms. The average molecular weight is 313 g/mol. The number of hydrogen-bond donors (Lipinski definition) is 1. The lowest BCUT2D eigenvalue weighted by Gasteiger charge is -2.24. The van der Waals surface area contributed by atoms with Crippen LogP contribution in [0.3, 0.4) is 0 Å². The maximum atomic E-state index is 12.3. The van der Waals surface area contributed by atoms with E-state index in [9.17, 15) is 4.79 Å². The van der Waals surface area contributed by atoms with Crippen molar-refractivity contribution in [2.45, 2.75) is 13.0 Å². The van der Waals surface area contributed by atoms with Crippen LogP contribution in [-0.4, -0.2) is 21.9 Å². The quantitative estimate of drug-likeness (QED) is 0.807. The molecule has 3 heterocycles. The molecule has 1 unspecified atom stereocenters. The lowest BCUT2D eigenvalue weighted by molar-refractivity contribution is -0.126. The summed E-state index contributed by atoms with van der Waals surface area (Å²) >= 11 is 1.58. The molecule has 0 aliphatic carbocycles. The number of thiazole rings is 1. The Kier molecular flexibility index (Phi) is 3.31. The van der Waals surface area contributed by atoms with Gasteiger partial charge in [-0.3, -0.25) is 9.20 Å². The SMILES string of the molecule is O=C(NCc1cn2ccsc2n1)C1COc2ccccc2C1. The fourth-order valence-corrected chi connectivity index (χ4v) is 3.40. The molecule has 3 aromatic rings. The molecule has 22 heavy (non-hydrogen) atoms. The fraction of sp³-hybridized carbons (Fsp3) is 0.250. The van der Waals surface area contributed by atoms with Crippen LogP contribution < -0.4 is 10.1 Å². The second kappa shape index (κ2) is 5.46. The van der Waals surface area contributed by atoms with Crippen molar-refractivity contribution >= 4 is 22.2 Å². The highest BCUT2D eigenvalue weighted by Crippen LogP contribution is 2.26. The molecule has 4 rings (SSSR count). The third-order valence-electron chi connectivity index (χ3n) is 3.84. The van der Waals surface area contributed by atoms with E-state index in [1.807, 2.05) is 46.4 Å². The minimum Gasteiger partial charge on any atom is -0.492 e. The van der Waals surface area contributed by atoms with Crippen LogP contribution in [0.4, 0.5) is 0 Å². The van der Waals surface area contributed by atoms with E-state index in [0.717, 1.165) is 28.4 Å². The summed E-state index contributed by atoms with van der Waals surface area (Å²) in [5, 5.41) is 4.95. The number of imidazole rings is 1. The van der Waals surface area contributed by atoms with Crippen LogP contribution >= 0.6 is 11.3 Å². The van der Waals surface area contributed by atoms with Crippen LogP contribution in [0.25, 0.3) is 4.96 Å². The van der Waals surface area contributed by atoms with Gasteiger partial charge in [0.25, 0.3) is 0 Å². The number of rotatable bonds is 3. The van der Waals surface area contributed by atoms with Gasteiger partial charge in [0, 0.05) is 17.8 Å². The molecule has 0 saturated carbocycles. The Labute approximate surface area is 131 Å². The highest BCUT2D eigenvalue weighted by Gasteiger charge is 2.25. The van der Waals surface area contributed by atoms with E-state index in [0.29, 0.717) is 13.2 Å². The first-order valence-corrected chi connectivity index (χ1v) is 8.07. The zero-order valence-corrected chi connectivity index (χ0v) is 12.7. The molecule has 0 saturated heterocycles. The van der Waals surface area contributed by atoms with Gasteiger partial charge < -0.3 is 10.1 Å². The third-order valence-corrected chi connectivity index (χ3v) is 4.61. The van der Waals surface area contributed by atoms with Gasteiger partial charge in [0.2, 0.25) is 5.91 Å². The number of fused-ring (bicyclic) bond motifs is 2. The van der Waals surface area contributed by atoms with Crippen molar-refractivity contribution in [2.75, 3.05) is 6.61 Å². The Morgan fingerprint density at radius 1 is 1.45 bits per heavy atom. The molecule has 2 aromatic heterocycles. The molecule has 0 fully saturated rings. The number of nitrogens with zero attached hydrogens (tertiary/aromatic N) is 2. The van der Waals surface area contributed by atoms with Crippen LogP contribution in [-0.2, 0) is 17.8 Å². The van der Waals surface area contributed by atoms with Crippen molar-refractivity contribution in [2.24, 2.45) is 5.92 Å². The molecule has 1 aliphatic heterocycles. The van der Waals surface area contributed by atoms with E-state index < -0.39 is 0 Å². The Bertz CT molecular complexity index is 795. The fourth-order valence-electron chi connectivity index (χ4n) is 2.68. The van der Waals surface area contributed by atoms with E-state index in [2.05, 4.69) is 10.3 Å². The Morgan fingerprint density at radius 2 is 2.36 bits per heavy atom. The van der Waals surface area contributed by atoms with E-state index in [4.69, 9.17) is 4.74 Å². The van der Waals surface area contributed by atoms with Crippen LogP contribution in [0.1, 0.15) is 11.3 Å². The number of carbonyl (C=O) groups excluding carboxylic acids is 1. The van der Waals surface area contributed by atoms with E-state index in [1.54, 1.807) is 11.3 Å². The van der Waals surface area contributed by atoms with Crippen molar-refractivity contribution in [1.82, 2.24) is 14.7 Å². The van der Waals surface area contributed by atoms with Crippen molar-refractivity contribution < 1.29 is 9.53 Å². The number of benzene rings is 1.